The number of rotatable bonds is 4. The standard InChI is InChI=1S/C16H22ClNO2/c1-19-15-9-12(17)8-14(11-6-7-18-10-11)16(15)20-13-4-2-3-5-13/h8-9,11,13,18H,2-7,10H2,1H3. The molecular formula is C16H22ClNO2. The minimum absolute atomic E-state index is 0.332. The van der Waals surface area contributed by atoms with Gasteiger partial charge in [0, 0.05) is 29.1 Å². The number of methoxy groups -OCH3 is 1. The average molecular weight is 296 g/mol. The van der Waals surface area contributed by atoms with Crippen molar-refractivity contribution >= 4 is 11.6 Å². The fourth-order valence-electron chi connectivity index (χ4n) is 3.26. The van der Waals surface area contributed by atoms with Crippen LogP contribution in [-0.2, 0) is 0 Å². The number of benzene rings is 1. The predicted molar refractivity (Wildman–Crippen MR) is 81.1 cm³/mol. The molecule has 1 unspecified atom stereocenters. The quantitative estimate of drug-likeness (QED) is 0.918. The summed E-state index contributed by atoms with van der Waals surface area (Å²) in [6, 6.07) is 3.91. The molecule has 3 nitrogen and oxygen atoms in total. The summed E-state index contributed by atoms with van der Waals surface area (Å²) in [6.07, 6.45) is 6.28. The zero-order chi connectivity index (χ0) is 13.9. The summed E-state index contributed by atoms with van der Waals surface area (Å²) in [5.41, 5.74) is 1.20. The van der Waals surface area contributed by atoms with Crippen LogP contribution in [-0.4, -0.2) is 26.3 Å². The average Bonchev–Trinajstić information content (AvgIpc) is 3.12. The Hall–Kier alpha value is -0.930. The first-order chi connectivity index (χ1) is 9.78. The van der Waals surface area contributed by atoms with Gasteiger partial charge in [0.25, 0.3) is 0 Å². The van der Waals surface area contributed by atoms with Gasteiger partial charge >= 0.3 is 0 Å². The highest BCUT2D eigenvalue weighted by atomic mass is 35.5. The molecule has 1 aromatic rings. The molecule has 2 aliphatic rings. The lowest BCUT2D eigenvalue weighted by atomic mass is 9.97. The first-order valence-corrected chi connectivity index (χ1v) is 7.90. The van der Waals surface area contributed by atoms with Gasteiger partial charge in [0.2, 0.25) is 0 Å². The van der Waals surface area contributed by atoms with Crippen LogP contribution in [0.25, 0.3) is 0 Å². The lowest BCUT2D eigenvalue weighted by molar-refractivity contribution is 0.198. The maximum atomic E-state index is 6.28. The number of ether oxygens (including phenoxy) is 2. The van der Waals surface area contributed by atoms with Gasteiger partial charge in [0.05, 0.1) is 13.2 Å². The van der Waals surface area contributed by atoms with Gasteiger partial charge in [0.1, 0.15) is 0 Å². The molecule has 1 N–H and O–H groups in total. The molecule has 1 atom stereocenters. The van der Waals surface area contributed by atoms with Gasteiger partial charge in [-0.2, -0.15) is 0 Å². The van der Waals surface area contributed by atoms with E-state index in [-0.39, 0.29) is 0 Å². The van der Waals surface area contributed by atoms with Crippen LogP contribution in [0.5, 0.6) is 11.5 Å². The zero-order valence-electron chi connectivity index (χ0n) is 12.0. The number of halogens is 1. The summed E-state index contributed by atoms with van der Waals surface area (Å²) in [5, 5.41) is 4.13. The van der Waals surface area contributed by atoms with Crippen LogP contribution in [0.2, 0.25) is 5.02 Å². The van der Waals surface area contributed by atoms with Crippen molar-refractivity contribution in [3.8, 4) is 11.5 Å². The highest BCUT2D eigenvalue weighted by Gasteiger charge is 2.26. The van der Waals surface area contributed by atoms with Crippen molar-refractivity contribution in [2.75, 3.05) is 20.2 Å². The molecule has 20 heavy (non-hydrogen) atoms. The summed E-state index contributed by atoms with van der Waals surface area (Å²) in [4.78, 5) is 0. The Balaban J connectivity index is 1.94. The van der Waals surface area contributed by atoms with Crippen molar-refractivity contribution in [3.05, 3.63) is 22.7 Å². The van der Waals surface area contributed by atoms with E-state index < -0.39 is 0 Å². The van der Waals surface area contributed by atoms with E-state index in [4.69, 9.17) is 21.1 Å². The molecule has 0 spiro atoms. The fraction of sp³-hybridized carbons (Fsp3) is 0.625. The van der Waals surface area contributed by atoms with Gasteiger partial charge in [-0.3, -0.25) is 0 Å². The molecule has 1 aliphatic carbocycles. The first kappa shape index (κ1) is 14.0. The number of nitrogens with one attached hydrogen (secondary N) is 1. The van der Waals surface area contributed by atoms with E-state index in [0.717, 1.165) is 48.9 Å². The molecular weight excluding hydrogens is 274 g/mol. The van der Waals surface area contributed by atoms with Gasteiger partial charge in [-0.15, -0.1) is 0 Å². The number of hydrogen-bond acceptors (Lipinski definition) is 3. The van der Waals surface area contributed by atoms with Crippen LogP contribution in [0.3, 0.4) is 0 Å². The Morgan fingerprint density at radius 1 is 1.20 bits per heavy atom. The molecule has 0 bridgehead atoms. The van der Waals surface area contributed by atoms with E-state index in [1.54, 1.807) is 7.11 Å². The minimum Gasteiger partial charge on any atom is -0.493 e. The third kappa shape index (κ3) is 2.89. The molecule has 3 rings (SSSR count). The molecule has 1 heterocycles. The van der Waals surface area contributed by atoms with Crippen molar-refractivity contribution in [3.63, 3.8) is 0 Å². The SMILES string of the molecule is COc1cc(Cl)cc(C2CCNC2)c1OC1CCCC1. The Labute approximate surface area is 125 Å². The van der Waals surface area contributed by atoms with Gasteiger partial charge in [-0.25, -0.2) is 0 Å². The molecule has 1 aromatic carbocycles. The van der Waals surface area contributed by atoms with Crippen LogP contribution in [0, 0.1) is 0 Å². The Morgan fingerprint density at radius 3 is 2.65 bits per heavy atom. The molecule has 2 fully saturated rings. The van der Waals surface area contributed by atoms with Gasteiger partial charge < -0.3 is 14.8 Å². The number of hydrogen-bond donors (Lipinski definition) is 1. The molecule has 0 amide bonds. The van der Waals surface area contributed by atoms with Crippen molar-refractivity contribution in [2.45, 2.75) is 44.1 Å². The first-order valence-electron chi connectivity index (χ1n) is 7.52. The van der Waals surface area contributed by atoms with Crippen LogP contribution >= 0.6 is 11.6 Å². The van der Waals surface area contributed by atoms with E-state index in [0.29, 0.717) is 12.0 Å². The summed E-state index contributed by atoms with van der Waals surface area (Å²) in [7, 11) is 1.68. The highest BCUT2D eigenvalue weighted by Crippen LogP contribution is 2.42. The van der Waals surface area contributed by atoms with Crippen molar-refractivity contribution in [1.29, 1.82) is 0 Å². The van der Waals surface area contributed by atoms with Crippen LogP contribution in [0.15, 0.2) is 12.1 Å². The maximum Gasteiger partial charge on any atom is 0.165 e. The lowest BCUT2D eigenvalue weighted by Crippen LogP contribution is -2.15. The second-order valence-corrected chi connectivity index (χ2v) is 6.18. The molecule has 1 aliphatic heterocycles. The van der Waals surface area contributed by atoms with E-state index in [1.165, 1.54) is 18.4 Å². The summed E-state index contributed by atoms with van der Waals surface area (Å²) in [5.74, 6) is 2.16. The third-order valence-electron chi connectivity index (χ3n) is 4.36. The minimum atomic E-state index is 0.332. The Kier molecular flexibility index (Phi) is 4.37. The molecule has 0 aromatic heterocycles. The summed E-state index contributed by atoms with van der Waals surface area (Å²) >= 11 is 6.24. The smallest absolute Gasteiger partial charge is 0.165 e. The normalized spacial score (nSPS) is 23.2. The molecule has 0 radical (unpaired) electrons. The second-order valence-electron chi connectivity index (χ2n) is 5.74. The third-order valence-corrected chi connectivity index (χ3v) is 4.57. The molecule has 110 valence electrons. The van der Waals surface area contributed by atoms with Crippen molar-refractivity contribution < 1.29 is 9.47 Å². The molecule has 4 heteroatoms. The van der Waals surface area contributed by atoms with Gasteiger partial charge in [0.15, 0.2) is 11.5 Å². The van der Waals surface area contributed by atoms with E-state index >= 15 is 0 Å². The lowest BCUT2D eigenvalue weighted by Gasteiger charge is -2.22. The van der Waals surface area contributed by atoms with Crippen LogP contribution in [0.1, 0.15) is 43.6 Å². The largest absolute Gasteiger partial charge is 0.493 e. The highest BCUT2D eigenvalue weighted by molar-refractivity contribution is 6.30. The van der Waals surface area contributed by atoms with Crippen LogP contribution in [0.4, 0.5) is 0 Å². The Bertz CT molecular complexity index is 466. The van der Waals surface area contributed by atoms with E-state index in [9.17, 15) is 0 Å². The van der Waals surface area contributed by atoms with E-state index in [2.05, 4.69) is 5.32 Å². The fourth-order valence-corrected chi connectivity index (χ4v) is 3.48. The van der Waals surface area contributed by atoms with Gasteiger partial charge in [-0.05, 0) is 44.7 Å². The maximum absolute atomic E-state index is 6.28. The van der Waals surface area contributed by atoms with E-state index in [1.807, 2.05) is 12.1 Å². The van der Waals surface area contributed by atoms with Crippen LogP contribution < -0.4 is 14.8 Å². The predicted octanol–water partition coefficient (Wildman–Crippen LogP) is 3.75. The molecule has 1 saturated carbocycles. The summed E-state index contributed by atoms with van der Waals surface area (Å²) < 4.78 is 11.8. The monoisotopic (exact) mass is 295 g/mol. The van der Waals surface area contributed by atoms with Crippen molar-refractivity contribution in [1.82, 2.24) is 5.32 Å². The summed E-state index contributed by atoms with van der Waals surface area (Å²) in [6.45, 7) is 2.05. The topological polar surface area (TPSA) is 30.5 Å². The van der Waals surface area contributed by atoms with Crippen molar-refractivity contribution in [2.24, 2.45) is 0 Å². The second kappa shape index (κ2) is 6.23. The zero-order valence-corrected chi connectivity index (χ0v) is 12.7. The molecule has 1 saturated heterocycles. The van der Waals surface area contributed by atoms with Gasteiger partial charge in [-0.1, -0.05) is 11.6 Å². The Morgan fingerprint density at radius 2 is 2.00 bits per heavy atom.